The Morgan fingerprint density at radius 2 is 1.70 bits per heavy atom. The summed E-state index contributed by atoms with van der Waals surface area (Å²) in [5, 5.41) is 1.30. The number of hydrogen-bond acceptors (Lipinski definition) is 4. The van der Waals surface area contributed by atoms with Gasteiger partial charge in [-0.05, 0) is 31.4 Å². The lowest BCUT2D eigenvalue weighted by Crippen LogP contribution is -2.07. The van der Waals surface area contributed by atoms with Gasteiger partial charge in [-0.3, -0.25) is 0 Å². The van der Waals surface area contributed by atoms with Crippen LogP contribution in [0.15, 0.2) is 77.3 Å². The van der Waals surface area contributed by atoms with Crippen LogP contribution in [0.2, 0.25) is 0 Å². The number of allylic oxidation sites excluding steroid dienone is 5. The Bertz CT molecular complexity index is 1470. The monoisotopic (exact) mass is 471 g/mol. The summed E-state index contributed by atoms with van der Waals surface area (Å²) >= 11 is 12.9. The molecule has 4 aromatic rings. The van der Waals surface area contributed by atoms with Crippen molar-refractivity contribution in [2.45, 2.75) is 24.6 Å². The van der Waals surface area contributed by atoms with Gasteiger partial charge in [-0.25, -0.2) is 15.0 Å². The van der Waals surface area contributed by atoms with E-state index in [1.54, 1.807) is 0 Å². The molecule has 0 amide bonds. The molecule has 0 N–H and O–H groups in total. The summed E-state index contributed by atoms with van der Waals surface area (Å²) < 4.78 is 6.12. The zero-order valence-electron chi connectivity index (χ0n) is 17.6. The SMILES string of the molecule is ClC1=CC(Cl)Cc2c1oc1cccc(-c3nc(C4=CCCC=C4)nc(-c4ccccc4)n3)c21. The van der Waals surface area contributed by atoms with E-state index < -0.39 is 0 Å². The molecule has 162 valence electrons. The van der Waals surface area contributed by atoms with Crippen molar-refractivity contribution in [1.29, 1.82) is 0 Å². The molecular formula is C27H19Cl2N3O. The Labute approximate surface area is 201 Å². The molecular weight excluding hydrogens is 453 g/mol. The van der Waals surface area contributed by atoms with Gasteiger partial charge in [0, 0.05) is 27.6 Å². The highest BCUT2D eigenvalue weighted by atomic mass is 35.5. The van der Waals surface area contributed by atoms with Crippen molar-refractivity contribution < 1.29 is 4.42 Å². The predicted octanol–water partition coefficient (Wildman–Crippen LogP) is 7.43. The largest absolute Gasteiger partial charge is 0.455 e. The van der Waals surface area contributed by atoms with E-state index in [2.05, 4.69) is 18.2 Å². The smallest absolute Gasteiger partial charge is 0.164 e. The molecule has 1 atom stereocenters. The molecule has 4 nitrogen and oxygen atoms in total. The first-order valence-corrected chi connectivity index (χ1v) is 11.7. The summed E-state index contributed by atoms with van der Waals surface area (Å²) in [6.45, 7) is 0. The summed E-state index contributed by atoms with van der Waals surface area (Å²) in [5.74, 6) is 2.58. The summed E-state index contributed by atoms with van der Waals surface area (Å²) in [4.78, 5) is 14.6. The highest BCUT2D eigenvalue weighted by molar-refractivity contribution is 6.49. The minimum atomic E-state index is -0.190. The average molecular weight is 472 g/mol. The van der Waals surface area contributed by atoms with Gasteiger partial charge in [-0.1, -0.05) is 72.3 Å². The molecule has 0 saturated carbocycles. The third kappa shape index (κ3) is 3.69. The van der Waals surface area contributed by atoms with Crippen LogP contribution in [0.3, 0.4) is 0 Å². The Kier molecular flexibility index (Phi) is 5.12. The molecule has 0 bridgehead atoms. The zero-order chi connectivity index (χ0) is 22.4. The summed E-state index contributed by atoms with van der Waals surface area (Å²) in [6.07, 6.45) is 10.9. The van der Waals surface area contributed by atoms with E-state index in [4.69, 9.17) is 42.6 Å². The molecule has 1 unspecified atom stereocenters. The molecule has 2 aromatic carbocycles. The maximum atomic E-state index is 6.47. The van der Waals surface area contributed by atoms with E-state index in [-0.39, 0.29) is 5.38 Å². The summed E-state index contributed by atoms with van der Waals surface area (Å²) in [7, 11) is 0. The van der Waals surface area contributed by atoms with Crippen molar-refractivity contribution in [3.05, 3.63) is 90.0 Å². The van der Waals surface area contributed by atoms with Crippen LogP contribution >= 0.6 is 23.2 Å². The topological polar surface area (TPSA) is 51.8 Å². The molecule has 2 aliphatic carbocycles. The van der Waals surface area contributed by atoms with Gasteiger partial charge in [0.1, 0.15) is 11.3 Å². The van der Waals surface area contributed by atoms with Gasteiger partial charge in [0.25, 0.3) is 0 Å². The number of rotatable bonds is 3. The molecule has 2 aliphatic rings. The second kappa shape index (κ2) is 8.29. The first-order valence-electron chi connectivity index (χ1n) is 10.9. The Balaban J connectivity index is 1.60. The van der Waals surface area contributed by atoms with Gasteiger partial charge in [-0.2, -0.15) is 0 Å². The van der Waals surface area contributed by atoms with Crippen LogP contribution in [0.25, 0.3) is 44.4 Å². The second-order valence-electron chi connectivity index (χ2n) is 8.13. The van der Waals surface area contributed by atoms with E-state index in [0.717, 1.165) is 46.1 Å². The summed E-state index contributed by atoms with van der Waals surface area (Å²) in [6, 6.07) is 15.9. The van der Waals surface area contributed by atoms with E-state index in [0.29, 0.717) is 34.7 Å². The summed E-state index contributed by atoms with van der Waals surface area (Å²) in [5.41, 5.74) is 4.57. The van der Waals surface area contributed by atoms with Crippen molar-refractivity contribution in [3.8, 4) is 22.8 Å². The lowest BCUT2D eigenvalue weighted by Gasteiger charge is -2.14. The van der Waals surface area contributed by atoms with Crippen LogP contribution in [-0.2, 0) is 6.42 Å². The van der Waals surface area contributed by atoms with Gasteiger partial charge >= 0.3 is 0 Å². The van der Waals surface area contributed by atoms with Crippen molar-refractivity contribution >= 4 is 44.8 Å². The lowest BCUT2D eigenvalue weighted by atomic mass is 9.97. The third-order valence-electron chi connectivity index (χ3n) is 5.92. The fourth-order valence-corrected chi connectivity index (χ4v) is 5.05. The molecule has 33 heavy (non-hydrogen) atoms. The minimum absolute atomic E-state index is 0.190. The first-order chi connectivity index (χ1) is 16.2. The van der Waals surface area contributed by atoms with Crippen LogP contribution in [0.5, 0.6) is 0 Å². The standard InChI is InChI=1S/C27H19Cl2N3O/c28-18-14-20-23-19(12-7-13-22(23)33-24(20)21(29)15-18)27-31-25(16-8-3-1-4-9-16)30-26(32-27)17-10-5-2-6-11-17/h1,3-5,7-13,15,18H,2,6,14H2. The number of halogens is 2. The van der Waals surface area contributed by atoms with E-state index in [9.17, 15) is 0 Å². The number of aromatic nitrogens is 3. The number of benzene rings is 2. The van der Waals surface area contributed by atoms with Gasteiger partial charge in [-0.15, -0.1) is 11.6 Å². The van der Waals surface area contributed by atoms with Crippen LogP contribution < -0.4 is 0 Å². The fourth-order valence-electron chi connectivity index (χ4n) is 4.40. The average Bonchev–Trinajstić information content (AvgIpc) is 3.24. The van der Waals surface area contributed by atoms with Crippen LogP contribution in [-0.4, -0.2) is 20.3 Å². The first kappa shape index (κ1) is 20.4. The van der Waals surface area contributed by atoms with Gasteiger partial charge in [0.15, 0.2) is 17.5 Å². The van der Waals surface area contributed by atoms with Crippen molar-refractivity contribution in [2.24, 2.45) is 0 Å². The molecule has 0 saturated heterocycles. The molecule has 2 heterocycles. The molecule has 0 radical (unpaired) electrons. The number of hydrogen-bond donors (Lipinski definition) is 0. The van der Waals surface area contributed by atoms with Crippen LogP contribution in [0, 0.1) is 0 Å². The molecule has 6 heteroatoms. The van der Waals surface area contributed by atoms with E-state index in [1.165, 1.54) is 0 Å². The highest BCUT2D eigenvalue weighted by Gasteiger charge is 2.26. The van der Waals surface area contributed by atoms with Crippen molar-refractivity contribution in [2.75, 3.05) is 0 Å². The zero-order valence-corrected chi connectivity index (χ0v) is 19.1. The number of alkyl halides is 1. The number of furan rings is 1. The van der Waals surface area contributed by atoms with Crippen LogP contribution in [0.4, 0.5) is 0 Å². The number of nitrogens with zero attached hydrogens (tertiary/aromatic N) is 3. The Hall–Kier alpha value is -3.21. The Morgan fingerprint density at radius 3 is 2.52 bits per heavy atom. The molecule has 0 aliphatic heterocycles. The lowest BCUT2D eigenvalue weighted by molar-refractivity contribution is 0.594. The van der Waals surface area contributed by atoms with Crippen molar-refractivity contribution in [3.63, 3.8) is 0 Å². The van der Waals surface area contributed by atoms with Gasteiger partial charge in [0.2, 0.25) is 0 Å². The van der Waals surface area contributed by atoms with Gasteiger partial charge < -0.3 is 4.42 Å². The maximum Gasteiger partial charge on any atom is 0.164 e. The quantitative estimate of drug-likeness (QED) is 0.291. The number of fused-ring (bicyclic) bond motifs is 3. The normalized spacial score (nSPS) is 17.6. The minimum Gasteiger partial charge on any atom is -0.455 e. The predicted molar refractivity (Wildman–Crippen MR) is 134 cm³/mol. The van der Waals surface area contributed by atoms with Crippen molar-refractivity contribution in [1.82, 2.24) is 15.0 Å². The van der Waals surface area contributed by atoms with Crippen LogP contribution in [0.1, 0.15) is 30.0 Å². The molecule has 0 fully saturated rings. The molecule has 2 aromatic heterocycles. The second-order valence-corrected chi connectivity index (χ2v) is 9.10. The molecule has 0 spiro atoms. The maximum absolute atomic E-state index is 6.47. The third-order valence-corrected chi connectivity index (χ3v) is 6.50. The highest BCUT2D eigenvalue weighted by Crippen LogP contribution is 2.42. The van der Waals surface area contributed by atoms with E-state index >= 15 is 0 Å². The Morgan fingerprint density at radius 1 is 0.879 bits per heavy atom. The molecule has 6 rings (SSSR count). The van der Waals surface area contributed by atoms with Gasteiger partial charge in [0.05, 0.1) is 10.4 Å². The van der Waals surface area contributed by atoms with E-state index in [1.807, 2.05) is 54.6 Å². The fraction of sp³-hybridized carbons (Fsp3) is 0.148.